The molecule has 2 atom stereocenters. The second-order valence-corrected chi connectivity index (χ2v) is 7.02. The lowest BCUT2D eigenvalue weighted by molar-refractivity contribution is -0.384. The number of rotatable bonds is 4. The molecule has 2 aromatic carbocycles. The third-order valence-electron chi connectivity index (χ3n) is 5.35. The van der Waals surface area contributed by atoms with Crippen molar-refractivity contribution in [2.45, 2.75) is 31.7 Å². The Labute approximate surface area is 156 Å². The van der Waals surface area contributed by atoms with Gasteiger partial charge in [-0.05, 0) is 43.5 Å². The topological polar surface area (TPSA) is 104 Å². The Bertz CT molecular complexity index is 1010. The monoisotopic (exact) mass is 364 g/mol. The molecule has 0 bridgehead atoms. The molecule has 1 amide bonds. The van der Waals surface area contributed by atoms with E-state index in [0.717, 1.165) is 41.7 Å². The molecule has 1 aromatic heterocycles. The molecule has 0 saturated heterocycles. The van der Waals surface area contributed by atoms with Gasteiger partial charge in [-0.15, -0.1) is 0 Å². The van der Waals surface area contributed by atoms with Gasteiger partial charge in [-0.2, -0.15) is 0 Å². The fourth-order valence-electron chi connectivity index (χ4n) is 4.01. The summed E-state index contributed by atoms with van der Waals surface area (Å²) in [5.74, 6) is 0.386. The normalized spacial score (nSPS) is 19.9. The SMILES string of the molecule is NC(=O)C1CCCC(n2c(-c3ccc([N+](=O)[O-])cc3)nc3ccccc32)C1. The maximum atomic E-state index is 11.7. The molecule has 0 spiro atoms. The number of nitro groups is 1. The number of benzene rings is 2. The van der Waals surface area contributed by atoms with Gasteiger partial charge < -0.3 is 10.3 Å². The first kappa shape index (κ1) is 17.2. The largest absolute Gasteiger partial charge is 0.369 e. The lowest BCUT2D eigenvalue weighted by Gasteiger charge is -2.30. The Morgan fingerprint density at radius 3 is 2.59 bits per heavy atom. The second kappa shape index (κ2) is 6.83. The third-order valence-corrected chi connectivity index (χ3v) is 5.35. The summed E-state index contributed by atoms with van der Waals surface area (Å²) in [6.45, 7) is 0. The Balaban J connectivity index is 1.82. The summed E-state index contributed by atoms with van der Waals surface area (Å²) < 4.78 is 2.17. The molecular weight excluding hydrogens is 344 g/mol. The first-order valence-electron chi connectivity index (χ1n) is 9.05. The number of primary amides is 1. The summed E-state index contributed by atoms with van der Waals surface area (Å²) in [7, 11) is 0. The van der Waals surface area contributed by atoms with E-state index in [9.17, 15) is 14.9 Å². The predicted molar refractivity (Wildman–Crippen MR) is 102 cm³/mol. The van der Waals surface area contributed by atoms with Gasteiger partial charge in [0.15, 0.2) is 0 Å². The number of nitrogens with two attached hydrogens (primary N) is 1. The van der Waals surface area contributed by atoms with Crippen LogP contribution in [0, 0.1) is 16.0 Å². The van der Waals surface area contributed by atoms with E-state index in [0.29, 0.717) is 6.42 Å². The molecule has 1 aliphatic rings. The van der Waals surface area contributed by atoms with Crippen molar-refractivity contribution in [2.75, 3.05) is 0 Å². The number of aromatic nitrogens is 2. The summed E-state index contributed by atoms with van der Waals surface area (Å²) in [5.41, 5.74) is 8.30. The average molecular weight is 364 g/mol. The van der Waals surface area contributed by atoms with E-state index in [-0.39, 0.29) is 23.6 Å². The molecule has 138 valence electrons. The minimum Gasteiger partial charge on any atom is -0.369 e. The fraction of sp³-hybridized carbons (Fsp3) is 0.300. The summed E-state index contributed by atoms with van der Waals surface area (Å²) >= 11 is 0. The number of non-ortho nitro benzene ring substituents is 1. The summed E-state index contributed by atoms with van der Waals surface area (Å²) in [5, 5.41) is 10.9. The molecule has 1 fully saturated rings. The van der Waals surface area contributed by atoms with Crippen LogP contribution >= 0.6 is 0 Å². The van der Waals surface area contributed by atoms with E-state index in [2.05, 4.69) is 4.57 Å². The highest BCUT2D eigenvalue weighted by atomic mass is 16.6. The van der Waals surface area contributed by atoms with Crippen LogP contribution in [-0.2, 0) is 4.79 Å². The molecule has 2 N–H and O–H groups in total. The van der Waals surface area contributed by atoms with Gasteiger partial charge >= 0.3 is 0 Å². The number of nitro benzene ring substituents is 1. The van der Waals surface area contributed by atoms with Gasteiger partial charge in [0.1, 0.15) is 5.82 Å². The van der Waals surface area contributed by atoms with E-state index in [4.69, 9.17) is 10.7 Å². The Kier molecular flexibility index (Phi) is 4.35. The number of carbonyl (C=O) groups is 1. The second-order valence-electron chi connectivity index (χ2n) is 7.02. The minimum atomic E-state index is -0.411. The lowest BCUT2D eigenvalue weighted by Crippen LogP contribution is -2.29. The molecule has 1 saturated carbocycles. The maximum absolute atomic E-state index is 11.7. The zero-order valence-electron chi connectivity index (χ0n) is 14.7. The van der Waals surface area contributed by atoms with Crippen LogP contribution in [0.5, 0.6) is 0 Å². The van der Waals surface area contributed by atoms with Crippen LogP contribution in [0.1, 0.15) is 31.7 Å². The predicted octanol–water partition coefficient (Wildman–Crippen LogP) is 3.83. The van der Waals surface area contributed by atoms with Gasteiger partial charge in [0.2, 0.25) is 5.91 Å². The number of hydrogen-bond donors (Lipinski definition) is 1. The molecule has 2 unspecified atom stereocenters. The van der Waals surface area contributed by atoms with E-state index in [1.165, 1.54) is 12.1 Å². The molecule has 4 rings (SSSR count). The molecule has 7 nitrogen and oxygen atoms in total. The quantitative estimate of drug-likeness (QED) is 0.561. The molecular formula is C20H20N4O3. The molecule has 7 heteroatoms. The number of carbonyl (C=O) groups excluding carboxylic acids is 1. The number of amides is 1. The van der Waals surface area contributed by atoms with Gasteiger partial charge in [-0.1, -0.05) is 18.6 Å². The third kappa shape index (κ3) is 3.16. The number of nitrogens with zero attached hydrogens (tertiary/aromatic N) is 3. The Morgan fingerprint density at radius 1 is 1.15 bits per heavy atom. The van der Waals surface area contributed by atoms with Crippen LogP contribution in [0.15, 0.2) is 48.5 Å². The van der Waals surface area contributed by atoms with Crippen molar-refractivity contribution in [1.29, 1.82) is 0 Å². The molecule has 27 heavy (non-hydrogen) atoms. The van der Waals surface area contributed by atoms with Crippen LogP contribution in [-0.4, -0.2) is 20.4 Å². The van der Waals surface area contributed by atoms with Crippen LogP contribution < -0.4 is 5.73 Å². The van der Waals surface area contributed by atoms with Crippen LogP contribution in [0.3, 0.4) is 0 Å². The standard InChI is InChI=1S/C20H20N4O3/c21-19(25)14-4-3-5-16(12-14)23-18-7-2-1-6-17(18)22-20(23)13-8-10-15(11-9-13)24(26)27/h1-2,6-11,14,16H,3-5,12H2,(H2,21,25). The smallest absolute Gasteiger partial charge is 0.269 e. The summed E-state index contributed by atoms with van der Waals surface area (Å²) in [6.07, 6.45) is 3.40. The van der Waals surface area contributed by atoms with Gasteiger partial charge in [-0.3, -0.25) is 14.9 Å². The fourth-order valence-corrected chi connectivity index (χ4v) is 4.01. The van der Waals surface area contributed by atoms with Gasteiger partial charge in [0.25, 0.3) is 5.69 Å². The zero-order chi connectivity index (χ0) is 19.0. The highest BCUT2D eigenvalue weighted by molar-refractivity contribution is 5.81. The van der Waals surface area contributed by atoms with Crippen molar-refractivity contribution >= 4 is 22.6 Å². The van der Waals surface area contributed by atoms with E-state index >= 15 is 0 Å². The summed E-state index contributed by atoms with van der Waals surface area (Å²) in [6, 6.07) is 14.4. The Hall–Kier alpha value is -3.22. The van der Waals surface area contributed by atoms with E-state index < -0.39 is 4.92 Å². The van der Waals surface area contributed by atoms with E-state index in [1.807, 2.05) is 24.3 Å². The zero-order valence-corrected chi connectivity index (χ0v) is 14.7. The van der Waals surface area contributed by atoms with Crippen LogP contribution in [0.25, 0.3) is 22.4 Å². The van der Waals surface area contributed by atoms with Gasteiger partial charge in [-0.25, -0.2) is 4.98 Å². The van der Waals surface area contributed by atoms with Crippen LogP contribution in [0.4, 0.5) is 5.69 Å². The highest BCUT2D eigenvalue weighted by Gasteiger charge is 2.29. The molecule has 3 aromatic rings. The lowest BCUT2D eigenvalue weighted by atomic mass is 9.85. The summed E-state index contributed by atoms with van der Waals surface area (Å²) in [4.78, 5) is 27.0. The van der Waals surface area contributed by atoms with Crippen molar-refractivity contribution in [3.8, 4) is 11.4 Å². The van der Waals surface area contributed by atoms with Crippen LogP contribution in [0.2, 0.25) is 0 Å². The minimum absolute atomic E-state index is 0.0490. The van der Waals surface area contributed by atoms with E-state index in [1.54, 1.807) is 12.1 Å². The van der Waals surface area contributed by atoms with Crippen molar-refractivity contribution < 1.29 is 9.72 Å². The van der Waals surface area contributed by atoms with Crippen molar-refractivity contribution in [1.82, 2.24) is 9.55 Å². The average Bonchev–Trinajstić information content (AvgIpc) is 3.07. The van der Waals surface area contributed by atoms with Crippen molar-refractivity contribution in [2.24, 2.45) is 11.7 Å². The molecule has 0 radical (unpaired) electrons. The molecule has 0 aliphatic heterocycles. The first-order chi connectivity index (χ1) is 13.0. The number of fused-ring (bicyclic) bond motifs is 1. The van der Waals surface area contributed by atoms with Crippen molar-refractivity contribution in [3.05, 3.63) is 58.6 Å². The molecule has 1 heterocycles. The highest BCUT2D eigenvalue weighted by Crippen LogP contribution is 2.38. The number of hydrogen-bond acceptors (Lipinski definition) is 4. The number of imidazole rings is 1. The molecule has 1 aliphatic carbocycles. The van der Waals surface area contributed by atoms with Gasteiger partial charge in [0, 0.05) is 29.7 Å². The maximum Gasteiger partial charge on any atom is 0.269 e. The number of para-hydroxylation sites is 2. The Morgan fingerprint density at radius 2 is 1.89 bits per heavy atom. The van der Waals surface area contributed by atoms with Gasteiger partial charge in [0.05, 0.1) is 16.0 Å². The first-order valence-corrected chi connectivity index (χ1v) is 9.05. The van der Waals surface area contributed by atoms with Crippen molar-refractivity contribution in [3.63, 3.8) is 0 Å².